The molecule has 86 valence electrons. The molecule has 4 N–H and O–H groups in total. The van der Waals surface area contributed by atoms with E-state index >= 15 is 0 Å². The minimum Gasteiger partial charge on any atom is -0.399 e. The van der Waals surface area contributed by atoms with Gasteiger partial charge in [0.2, 0.25) is 10.0 Å². The molecule has 4 nitrogen and oxygen atoms in total. The quantitative estimate of drug-likeness (QED) is 0.718. The summed E-state index contributed by atoms with van der Waals surface area (Å²) in [6.07, 6.45) is 0. The summed E-state index contributed by atoms with van der Waals surface area (Å²) in [5.41, 5.74) is 5.85. The minimum atomic E-state index is -3.58. The predicted molar refractivity (Wildman–Crippen MR) is 62.7 cm³/mol. The highest BCUT2D eigenvalue weighted by molar-refractivity contribution is 7.89. The number of rotatable bonds is 1. The molecule has 0 saturated carbocycles. The molecule has 0 aliphatic heterocycles. The van der Waals surface area contributed by atoms with Crippen molar-refractivity contribution in [2.75, 3.05) is 5.73 Å². The molecule has 0 radical (unpaired) electrons. The van der Waals surface area contributed by atoms with Crippen LogP contribution in [0.3, 0.4) is 0 Å². The fourth-order valence-electron chi connectivity index (χ4n) is 0.658. The first-order chi connectivity index (χ1) is 6.73. The summed E-state index contributed by atoms with van der Waals surface area (Å²) < 4.78 is 21.4. The van der Waals surface area contributed by atoms with E-state index in [1.54, 1.807) is 0 Å². The molecule has 5 heteroatoms. The topological polar surface area (TPSA) is 86.2 Å². The molecule has 0 spiro atoms. The summed E-state index contributed by atoms with van der Waals surface area (Å²) >= 11 is 0. The number of anilines is 1. The van der Waals surface area contributed by atoms with Crippen molar-refractivity contribution < 1.29 is 8.42 Å². The molecule has 0 fully saturated rings. The molecule has 0 amide bonds. The second-order valence-corrected chi connectivity index (χ2v) is 5.41. The first-order valence-corrected chi connectivity index (χ1v) is 6.16. The molecule has 0 aromatic heterocycles. The van der Waals surface area contributed by atoms with Gasteiger partial charge in [0, 0.05) is 5.69 Å². The van der Waals surface area contributed by atoms with Crippen LogP contribution in [0.15, 0.2) is 29.2 Å². The number of benzene rings is 1. The zero-order chi connectivity index (χ0) is 12.1. The van der Waals surface area contributed by atoms with Gasteiger partial charge in [0.25, 0.3) is 0 Å². The van der Waals surface area contributed by atoms with E-state index in [0.717, 1.165) is 5.92 Å². The van der Waals surface area contributed by atoms with Crippen molar-refractivity contribution in [1.82, 2.24) is 0 Å². The van der Waals surface area contributed by atoms with Gasteiger partial charge in [-0.15, -0.1) is 0 Å². The lowest BCUT2D eigenvalue weighted by atomic mass is 10.3. The molecule has 1 aromatic carbocycles. The van der Waals surface area contributed by atoms with Crippen LogP contribution >= 0.6 is 0 Å². The summed E-state index contributed by atoms with van der Waals surface area (Å²) in [6.45, 7) is 6.50. The van der Waals surface area contributed by atoms with E-state index in [2.05, 4.69) is 20.8 Å². The Kier molecular flexibility index (Phi) is 5.32. The molecule has 0 unspecified atom stereocenters. The van der Waals surface area contributed by atoms with Crippen LogP contribution in [0.1, 0.15) is 20.8 Å². The molecule has 0 atom stereocenters. The number of hydrogen-bond acceptors (Lipinski definition) is 3. The third kappa shape index (κ3) is 6.93. The van der Waals surface area contributed by atoms with Crippen LogP contribution in [0.25, 0.3) is 0 Å². The van der Waals surface area contributed by atoms with Gasteiger partial charge in [0.05, 0.1) is 4.90 Å². The van der Waals surface area contributed by atoms with Gasteiger partial charge in [-0.25, -0.2) is 13.6 Å². The van der Waals surface area contributed by atoms with Gasteiger partial charge in [-0.05, 0) is 30.2 Å². The Morgan fingerprint density at radius 2 is 1.40 bits per heavy atom. The average Bonchev–Trinajstić information content (AvgIpc) is 2.01. The lowest BCUT2D eigenvalue weighted by Gasteiger charge is -1.96. The summed E-state index contributed by atoms with van der Waals surface area (Å²) in [5, 5.41) is 4.84. The highest BCUT2D eigenvalue weighted by Crippen LogP contribution is 2.08. The largest absolute Gasteiger partial charge is 0.399 e. The average molecular weight is 230 g/mol. The maximum atomic E-state index is 10.7. The monoisotopic (exact) mass is 230 g/mol. The van der Waals surface area contributed by atoms with Crippen molar-refractivity contribution in [1.29, 1.82) is 0 Å². The predicted octanol–water partition coefficient (Wildman–Crippen LogP) is 1.58. The SMILES string of the molecule is CC(C)C.Nc1ccc(S(N)(=O)=O)cc1. The first kappa shape index (κ1) is 13.9. The Hall–Kier alpha value is -1.07. The lowest BCUT2D eigenvalue weighted by molar-refractivity contribution is 0.598. The molecular weight excluding hydrogens is 212 g/mol. The van der Waals surface area contributed by atoms with E-state index in [9.17, 15) is 8.42 Å². The van der Waals surface area contributed by atoms with Crippen LogP contribution in [0, 0.1) is 5.92 Å². The molecule has 0 bridgehead atoms. The first-order valence-electron chi connectivity index (χ1n) is 4.62. The number of hydrogen-bond donors (Lipinski definition) is 2. The van der Waals surface area contributed by atoms with Crippen LogP contribution in [0.5, 0.6) is 0 Å². The Balaban J connectivity index is 0.000000423. The zero-order valence-corrected chi connectivity index (χ0v) is 10.1. The van der Waals surface area contributed by atoms with Crippen LogP contribution in [-0.2, 0) is 10.0 Å². The normalized spacial score (nSPS) is 10.7. The van der Waals surface area contributed by atoms with Crippen LogP contribution in [0.2, 0.25) is 0 Å². The lowest BCUT2D eigenvalue weighted by Crippen LogP contribution is -2.11. The maximum Gasteiger partial charge on any atom is 0.238 e. The van der Waals surface area contributed by atoms with Gasteiger partial charge in [-0.1, -0.05) is 20.8 Å². The van der Waals surface area contributed by atoms with Gasteiger partial charge in [0.15, 0.2) is 0 Å². The van der Waals surface area contributed by atoms with Crippen molar-refractivity contribution in [2.45, 2.75) is 25.7 Å². The maximum absolute atomic E-state index is 10.7. The number of sulfonamides is 1. The van der Waals surface area contributed by atoms with Crippen molar-refractivity contribution in [3.05, 3.63) is 24.3 Å². The molecule has 15 heavy (non-hydrogen) atoms. The number of primary sulfonamides is 1. The van der Waals surface area contributed by atoms with Gasteiger partial charge < -0.3 is 5.73 Å². The van der Waals surface area contributed by atoms with Crippen molar-refractivity contribution in [3.63, 3.8) is 0 Å². The fraction of sp³-hybridized carbons (Fsp3) is 0.400. The standard InChI is InChI=1S/C6H8N2O2S.C4H10/c7-5-1-3-6(4-2-5)11(8,9)10;1-4(2)3/h1-4H,7H2,(H2,8,9,10);4H,1-3H3. The van der Waals surface area contributed by atoms with E-state index in [-0.39, 0.29) is 4.90 Å². The van der Waals surface area contributed by atoms with Crippen molar-refractivity contribution in [3.8, 4) is 0 Å². The highest BCUT2D eigenvalue weighted by Gasteiger charge is 2.04. The number of nitrogens with two attached hydrogens (primary N) is 2. The molecule has 0 heterocycles. The molecule has 1 rings (SSSR count). The molecular formula is C10H18N2O2S. The van der Waals surface area contributed by atoms with Gasteiger partial charge in [0.1, 0.15) is 0 Å². The molecule has 0 saturated heterocycles. The summed E-state index contributed by atoms with van der Waals surface area (Å²) in [5.74, 6) is 0.833. The van der Waals surface area contributed by atoms with E-state index in [0.29, 0.717) is 5.69 Å². The van der Waals surface area contributed by atoms with Crippen LogP contribution in [0.4, 0.5) is 5.69 Å². The third-order valence-electron chi connectivity index (χ3n) is 1.21. The Morgan fingerprint density at radius 3 is 1.67 bits per heavy atom. The number of nitrogen functional groups attached to an aromatic ring is 1. The molecule has 0 aliphatic rings. The zero-order valence-electron chi connectivity index (χ0n) is 9.27. The smallest absolute Gasteiger partial charge is 0.238 e. The van der Waals surface area contributed by atoms with E-state index in [1.165, 1.54) is 24.3 Å². The van der Waals surface area contributed by atoms with E-state index in [4.69, 9.17) is 10.9 Å². The summed E-state index contributed by atoms with van der Waals surface area (Å²) in [7, 11) is -3.58. The fourth-order valence-corrected chi connectivity index (χ4v) is 1.17. The van der Waals surface area contributed by atoms with Crippen molar-refractivity contribution >= 4 is 15.7 Å². The minimum absolute atomic E-state index is 0.0756. The van der Waals surface area contributed by atoms with Gasteiger partial charge in [-0.3, -0.25) is 0 Å². The van der Waals surface area contributed by atoms with E-state index in [1.807, 2.05) is 0 Å². The second-order valence-electron chi connectivity index (χ2n) is 3.85. The Bertz CT molecular complexity index is 380. The second kappa shape index (κ2) is 5.72. The summed E-state index contributed by atoms with van der Waals surface area (Å²) in [4.78, 5) is 0.0756. The molecule has 0 aliphatic carbocycles. The summed E-state index contributed by atoms with van der Waals surface area (Å²) in [6, 6.07) is 5.70. The Labute approximate surface area is 91.3 Å². The van der Waals surface area contributed by atoms with Crippen LogP contribution < -0.4 is 10.9 Å². The van der Waals surface area contributed by atoms with Crippen LogP contribution in [-0.4, -0.2) is 8.42 Å². The van der Waals surface area contributed by atoms with Gasteiger partial charge >= 0.3 is 0 Å². The third-order valence-corrected chi connectivity index (χ3v) is 2.14. The van der Waals surface area contributed by atoms with Gasteiger partial charge in [-0.2, -0.15) is 0 Å². The Morgan fingerprint density at radius 1 is 1.07 bits per heavy atom. The molecule has 1 aromatic rings. The van der Waals surface area contributed by atoms with Crippen molar-refractivity contribution in [2.24, 2.45) is 11.1 Å². The van der Waals surface area contributed by atoms with E-state index < -0.39 is 10.0 Å². The highest BCUT2D eigenvalue weighted by atomic mass is 32.2.